The maximum absolute atomic E-state index is 9.70. The van der Waals surface area contributed by atoms with Crippen LogP contribution in [0.1, 0.15) is 30.2 Å². The summed E-state index contributed by atoms with van der Waals surface area (Å²) >= 11 is 3.50. The minimum Gasteiger partial charge on any atom is -0.420 e. The van der Waals surface area contributed by atoms with Crippen molar-refractivity contribution < 1.29 is 4.74 Å². The summed E-state index contributed by atoms with van der Waals surface area (Å²) in [5.74, 6) is 0.555. The second-order valence-corrected chi connectivity index (χ2v) is 6.17. The van der Waals surface area contributed by atoms with Crippen LogP contribution in [0.4, 0.5) is 0 Å². The number of halogens is 1. The molecule has 1 aliphatic rings. The van der Waals surface area contributed by atoms with E-state index in [1.165, 1.54) is 0 Å². The fraction of sp³-hybridized carbons (Fsp3) is 0.250. The summed E-state index contributed by atoms with van der Waals surface area (Å²) in [5.41, 5.74) is 8.50. The molecule has 0 aliphatic carbocycles. The zero-order valence-electron chi connectivity index (χ0n) is 12.3. The molecule has 2 heterocycles. The molecule has 0 fully saturated rings. The number of rotatable bonds is 2. The molecule has 1 aromatic carbocycles. The van der Waals surface area contributed by atoms with Crippen molar-refractivity contribution in [3.63, 3.8) is 0 Å². The predicted molar refractivity (Wildman–Crippen MR) is 86.0 cm³/mol. The second-order valence-electron chi connectivity index (χ2n) is 5.25. The van der Waals surface area contributed by atoms with E-state index >= 15 is 0 Å². The fourth-order valence-electron chi connectivity index (χ4n) is 3.22. The molecule has 112 valence electrons. The lowest BCUT2D eigenvalue weighted by molar-refractivity contribution is 0.353. The van der Waals surface area contributed by atoms with Gasteiger partial charge in [-0.2, -0.15) is 5.26 Å². The summed E-state index contributed by atoms with van der Waals surface area (Å²) in [4.78, 5) is 0. The molecule has 1 unspecified atom stereocenters. The first-order valence-corrected chi connectivity index (χ1v) is 7.73. The normalized spacial score (nSPS) is 20.3. The van der Waals surface area contributed by atoms with Crippen LogP contribution in [0.15, 0.2) is 40.2 Å². The number of fused-ring (bicyclic) bond motifs is 1. The van der Waals surface area contributed by atoms with E-state index in [4.69, 9.17) is 10.5 Å². The third kappa shape index (κ3) is 1.86. The third-order valence-corrected chi connectivity index (χ3v) is 4.67. The molecule has 1 aromatic heterocycles. The summed E-state index contributed by atoms with van der Waals surface area (Å²) in [6.07, 6.45) is 0.670. The number of hydrogen-bond donors (Lipinski definition) is 2. The molecule has 1 aliphatic heterocycles. The van der Waals surface area contributed by atoms with Gasteiger partial charge < -0.3 is 10.5 Å². The van der Waals surface area contributed by atoms with E-state index in [0.29, 0.717) is 17.9 Å². The first-order chi connectivity index (χ1) is 10.5. The topological polar surface area (TPSA) is 87.7 Å². The van der Waals surface area contributed by atoms with E-state index in [-0.39, 0.29) is 5.88 Å². The first-order valence-electron chi connectivity index (χ1n) is 6.94. The number of aryl methyl sites for hydroxylation is 1. The largest absolute Gasteiger partial charge is 0.420 e. The Morgan fingerprint density at radius 3 is 2.91 bits per heavy atom. The fourth-order valence-corrected chi connectivity index (χ4v) is 3.62. The molecule has 3 N–H and O–H groups in total. The Balaban J connectivity index is 2.41. The Bertz CT molecular complexity index is 818. The van der Waals surface area contributed by atoms with Gasteiger partial charge in [-0.1, -0.05) is 35.0 Å². The molecule has 5 nitrogen and oxygen atoms in total. The Hall–Kier alpha value is -2.26. The van der Waals surface area contributed by atoms with E-state index in [0.717, 1.165) is 21.3 Å². The number of nitrogens with two attached hydrogens (primary N) is 1. The van der Waals surface area contributed by atoms with Crippen LogP contribution in [0.5, 0.6) is 5.88 Å². The quantitative estimate of drug-likeness (QED) is 0.862. The zero-order valence-corrected chi connectivity index (χ0v) is 13.9. The highest BCUT2D eigenvalue weighted by molar-refractivity contribution is 9.10. The maximum Gasteiger partial charge on any atom is 0.244 e. The second kappa shape index (κ2) is 5.18. The van der Waals surface area contributed by atoms with E-state index in [1.807, 2.05) is 38.1 Å². The van der Waals surface area contributed by atoms with E-state index in [9.17, 15) is 5.26 Å². The smallest absolute Gasteiger partial charge is 0.244 e. The third-order valence-electron chi connectivity index (χ3n) is 4.18. The molecule has 0 radical (unpaired) electrons. The molecule has 22 heavy (non-hydrogen) atoms. The summed E-state index contributed by atoms with van der Waals surface area (Å²) in [6, 6.07) is 10.2. The summed E-state index contributed by atoms with van der Waals surface area (Å²) < 4.78 is 6.49. The number of allylic oxidation sites excluding steroid dienone is 1. The van der Waals surface area contributed by atoms with Crippen LogP contribution in [0.25, 0.3) is 0 Å². The Morgan fingerprint density at radius 2 is 2.27 bits per heavy atom. The van der Waals surface area contributed by atoms with Gasteiger partial charge in [0.15, 0.2) is 0 Å². The molecule has 0 saturated carbocycles. The van der Waals surface area contributed by atoms with Gasteiger partial charge in [-0.3, -0.25) is 5.10 Å². The van der Waals surface area contributed by atoms with Crippen LogP contribution < -0.4 is 10.5 Å². The van der Waals surface area contributed by atoms with Gasteiger partial charge in [-0.25, -0.2) is 0 Å². The highest BCUT2D eigenvalue weighted by Gasteiger charge is 2.47. The molecular weight excluding hydrogens is 344 g/mol. The van der Waals surface area contributed by atoms with Gasteiger partial charge in [0.1, 0.15) is 11.6 Å². The molecular formula is C16H15BrN4O. The van der Waals surface area contributed by atoms with E-state index in [1.54, 1.807) is 0 Å². The Kier molecular flexibility index (Phi) is 3.45. The van der Waals surface area contributed by atoms with Gasteiger partial charge >= 0.3 is 0 Å². The van der Waals surface area contributed by atoms with Crippen molar-refractivity contribution in [3.05, 3.63) is 57.0 Å². The minimum atomic E-state index is -0.659. The molecule has 0 bridgehead atoms. The van der Waals surface area contributed by atoms with Gasteiger partial charge in [0.05, 0.1) is 11.0 Å². The Labute approximate surface area is 136 Å². The molecule has 0 saturated heterocycles. The van der Waals surface area contributed by atoms with Crippen LogP contribution in [0, 0.1) is 18.3 Å². The monoisotopic (exact) mass is 358 g/mol. The number of ether oxygens (including phenoxy) is 1. The van der Waals surface area contributed by atoms with Crippen LogP contribution in [0.2, 0.25) is 0 Å². The lowest BCUT2D eigenvalue weighted by Gasteiger charge is -2.36. The van der Waals surface area contributed by atoms with Crippen LogP contribution >= 0.6 is 15.9 Å². The van der Waals surface area contributed by atoms with Crippen molar-refractivity contribution in [2.75, 3.05) is 0 Å². The summed E-state index contributed by atoms with van der Waals surface area (Å²) in [5, 5.41) is 16.8. The standard InChI is InChI=1S/C16H15BrN4O/c1-3-16(10-5-4-6-11(17)7-10)12(8-18)14(19)22-15-13(16)9(2)20-21-15/h4-7H,3,19H2,1-2H3,(H,20,21). The molecule has 1 atom stereocenters. The summed E-state index contributed by atoms with van der Waals surface area (Å²) in [6.45, 7) is 3.96. The average molecular weight is 359 g/mol. The number of benzene rings is 1. The van der Waals surface area contributed by atoms with Crippen molar-refractivity contribution in [1.82, 2.24) is 10.2 Å². The first kappa shape index (κ1) is 14.7. The highest BCUT2D eigenvalue weighted by atomic mass is 79.9. The lowest BCUT2D eigenvalue weighted by Crippen LogP contribution is -2.36. The Morgan fingerprint density at radius 1 is 1.50 bits per heavy atom. The van der Waals surface area contributed by atoms with Crippen LogP contribution in [-0.4, -0.2) is 10.2 Å². The molecule has 6 heteroatoms. The van der Waals surface area contributed by atoms with Crippen molar-refractivity contribution in [2.24, 2.45) is 5.73 Å². The molecule has 2 aromatic rings. The van der Waals surface area contributed by atoms with Gasteiger partial charge in [-0.05, 0) is 31.0 Å². The number of nitrogens with zero attached hydrogens (tertiary/aromatic N) is 2. The number of aromatic nitrogens is 2. The number of hydrogen-bond acceptors (Lipinski definition) is 4. The minimum absolute atomic E-state index is 0.114. The summed E-state index contributed by atoms with van der Waals surface area (Å²) in [7, 11) is 0. The lowest BCUT2D eigenvalue weighted by atomic mass is 9.66. The van der Waals surface area contributed by atoms with Gasteiger partial charge in [-0.15, -0.1) is 5.10 Å². The number of aromatic amines is 1. The van der Waals surface area contributed by atoms with Crippen LogP contribution in [0.3, 0.4) is 0 Å². The van der Waals surface area contributed by atoms with Crippen molar-refractivity contribution in [3.8, 4) is 11.9 Å². The van der Waals surface area contributed by atoms with E-state index < -0.39 is 5.41 Å². The number of H-pyrrole nitrogens is 1. The highest BCUT2D eigenvalue weighted by Crippen LogP contribution is 2.50. The molecule has 0 amide bonds. The van der Waals surface area contributed by atoms with Gasteiger partial charge in [0.2, 0.25) is 11.8 Å². The molecule has 3 rings (SSSR count). The zero-order chi connectivity index (χ0) is 15.9. The molecule has 0 spiro atoms. The van der Waals surface area contributed by atoms with E-state index in [2.05, 4.69) is 32.2 Å². The number of nitriles is 1. The predicted octanol–water partition coefficient (Wildman–Crippen LogP) is 3.26. The van der Waals surface area contributed by atoms with Gasteiger partial charge in [0, 0.05) is 10.2 Å². The van der Waals surface area contributed by atoms with Crippen molar-refractivity contribution in [2.45, 2.75) is 25.7 Å². The number of nitrogens with one attached hydrogen (secondary N) is 1. The van der Waals surface area contributed by atoms with Crippen LogP contribution in [-0.2, 0) is 5.41 Å². The van der Waals surface area contributed by atoms with Crippen molar-refractivity contribution >= 4 is 15.9 Å². The SMILES string of the molecule is CCC1(c2cccc(Br)c2)C(C#N)=C(N)Oc2n[nH]c(C)c21. The maximum atomic E-state index is 9.70. The van der Waals surface area contributed by atoms with Gasteiger partial charge in [0.25, 0.3) is 0 Å². The average Bonchev–Trinajstić information content (AvgIpc) is 2.87. The van der Waals surface area contributed by atoms with Crippen molar-refractivity contribution in [1.29, 1.82) is 5.26 Å².